The van der Waals surface area contributed by atoms with E-state index < -0.39 is 37.3 Å². The van der Waals surface area contributed by atoms with Gasteiger partial charge in [0.2, 0.25) is 0 Å². The lowest BCUT2D eigenvalue weighted by atomic mass is 10.0. The molecule has 10 heteroatoms. The smallest absolute Gasteiger partial charge is 0.281 e. The molecule has 0 spiro atoms. The van der Waals surface area contributed by atoms with Crippen LogP contribution in [0.1, 0.15) is 25.7 Å². The summed E-state index contributed by atoms with van der Waals surface area (Å²) in [7, 11) is -9.92. The zero-order chi connectivity index (χ0) is 14.5. The van der Waals surface area contributed by atoms with Crippen LogP contribution < -0.4 is 0 Å². The van der Waals surface area contributed by atoms with Gasteiger partial charge in [-0.2, -0.15) is 25.6 Å². The third kappa shape index (κ3) is 2.91. The Hall–Kier alpha value is -0.320. The van der Waals surface area contributed by atoms with Crippen molar-refractivity contribution in [2.24, 2.45) is 11.8 Å². The topological polar surface area (TPSA) is 97.7 Å². The molecule has 3 atom stereocenters. The summed E-state index contributed by atoms with van der Waals surface area (Å²) in [5.41, 5.74) is 0. The quantitative estimate of drug-likeness (QED) is 0.599. The maximum Gasteiger partial charge on any atom is 0.393 e. The van der Waals surface area contributed by atoms with Crippen LogP contribution in [0.4, 0.5) is 8.78 Å². The molecular formula is C9H14F2O6S2. The molecule has 0 aliphatic heterocycles. The first-order chi connectivity index (χ1) is 8.53. The molecule has 2 aliphatic rings. The molecule has 0 heterocycles. The van der Waals surface area contributed by atoms with Crippen LogP contribution in [0.2, 0.25) is 0 Å². The number of halogens is 2. The van der Waals surface area contributed by atoms with E-state index in [0.29, 0.717) is 12.8 Å². The predicted octanol–water partition coefficient (Wildman–Crippen LogP) is 1.00. The number of fused-ring (bicyclic) bond motifs is 2. The van der Waals surface area contributed by atoms with Gasteiger partial charge in [-0.15, -0.1) is 0 Å². The van der Waals surface area contributed by atoms with Crippen molar-refractivity contribution < 1.29 is 34.4 Å². The minimum atomic E-state index is -5.68. The van der Waals surface area contributed by atoms with Gasteiger partial charge in [-0.1, -0.05) is 6.42 Å². The molecule has 2 saturated carbocycles. The second-order valence-corrected chi connectivity index (χ2v) is 8.45. The van der Waals surface area contributed by atoms with Crippen LogP contribution in [0.3, 0.4) is 0 Å². The summed E-state index contributed by atoms with van der Waals surface area (Å²) >= 11 is 0. The van der Waals surface area contributed by atoms with Gasteiger partial charge >= 0.3 is 15.4 Å². The van der Waals surface area contributed by atoms with E-state index in [1.807, 2.05) is 0 Å². The first-order valence-electron chi connectivity index (χ1n) is 5.76. The highest BCUT2D eigenvalue weighted by Crippen LogP contribution is 2.47. The molecule has 19 heavy (non-hydrogen) atoms. The molecule has 2 bridgehead atoms. The molecule has 3 unspecified atom stereocenters. The lowest BCUT2D eigenvalue weighted by Crippen LogP contribution is -2.37. The van der Waals surface area contributed by atoms with Gasteiger partial charge in [0.25, 0.3) is 10.1 Å². The molecule has 0 aromatic rings. The van der Waals surface area contributed by atoms with E-state index in [2.05, 4.69) is 4.18 Å². The summed E-state index contributed by atoms with van der Waals surface area (Å²) < 4.78 is 82.4. The Balaban J connectivity index is 2.03. The summed E-state index contributed by atoms with van der Waals surface area (Å²) in [6, 6.07) is 0. The number of alkyl halides is 2. The van der Waals surface area contributed by atoms with Crippen molar-refractivity contribution in [2.45, 2.75) is 36.2 Å². The maximum absolute atomic E-state index is 12.9. The van der Waals surface area contributed by atoms with Crippen molar-refractivity contribution in [1.82, 2.24) is 0 Å². The van der Waals surface area contributed by atoms with E-state index in [9.17, 15) is 25.6 Å². The SMILES string of the molecule is O=S(=O)(OCC(F)(F)S(=O)(=O)O)C1CC2CCC1C2. The lowest BCUT2D eigenvalue weighted by Gasteiger charge is -2.22. The Bertz CT molecular complexity index is 555. The second kappa shape index (κ2) is 4.61. The molecule has 0 amide bonds. The van der Waals surface area contributed by atoms with E-state index in [-0.39, 0.29) is 11.8 Å². The van der Waals surface area contributed by atoms with E-state index in [0.717, 1.165) is 12.8 Å². The monoisotopic (exact) mass is 320 g/mol. The highest BCUT2D eigenvalue weighted by molar-refractivity contribution is 7.88. The van der Waals surface area contributed by atoms with Crippen LogP contribution in [-0.2, 0) is 24.4 Å². The maximum atomic E-state index is 12.9. The zero-order valence-electron chi connectivity index (χ0n) is 9.83. The molecule has 2 rings (SSSR count). The zero-order valence-corrected chi connectivity index (χ0v) is 11.5. The van der Waals surface area contributed by atoms with Crippen LogP contribution in [0.25, 0.3) is 0 Å². The highest BCUT2D eigenvalue weighted by atomic mass is 32.2. The molecule has 112 valence electrons. The Morgan fingerprint density at radius 1 is 1.16 bits per heavy atom. The Kier molecular flexibility index (Phi) is 3.65. The molecule has 6 nitrogen and oxygen atoms in total. The fourth-order valence-electron chi connectivity index (χ4n) is 2.85. The Morgan fingerprint density at radius 2 is 1.79 bits per heavy atom. The predicted molar refractivity (Wildman–Crippen MR) is 60.6 cm³/mol. The third-order valence-electron chi connectivity index (χ3n) is 3.81. The van der Waals surface area contributed by atoms with Crippen LogP contribution in [0.15, 0.2) is 0 Å². The fraction of sp³-hybridized carbons (Fsp3) is 1.00. The van der Waals surface area contributed by atoms with Crippen LogP contribution in [-0.4, -0.2) is 38.5 Å². The van der Waals surface area contributed by atoms with Gasteiger partial charge in [-0.05, 0) is 31.1 Å². The van der Waals surface area contributed by atoms with E-state index in [1.54, 1.807) is 0 Å². The Morgan fingerprint density at radius 3 is 2.21 bits per heavy atom. The molecule has 0 aromatic heterocycles. The molecule has 1 N–H and O–H groups in total. The van der Waals surface area contributed by atoms with Crippen LogP contribution in [0, 0.1) is 11.8 Å². The van der Waals surface area contributed by atoms with Gasteiger partial charge in [-0.3, -0.25) is 8.74 Å². The van der Waals surface area contributed by atoms with Gasteiger partial charge in [-0.25, -0.2) is 0 Å². The first kappa shape index (κ1) is 15.1. The van der Waals surface area contributed by atoms with Crippen LogP contribution >= 0.6 is 0 Å². The summed E-state index contributed by atoms with van der Waals surface area (Å²) in [5.74, 6) is 0.171. The molecule has 0 saturated heterocycles. The minimum absolute atomic E-state index is 0.102. The van der Waals surface area contributed by atoms with Crippen molar-refractivity contribution in [1.29, 1.82) is 0 Å². The molecule has 2 fully saturated rings. The van der Waals surface area contributed by atoms with Crippen molar-refractivity contribution in [3.8, 4) is 0 Å². The number of hydrogen-bond donors (Lipinski definition) is 1. The van der Waals surface area contributed by atoms with Gasteiger partial charge in [0.05, 0.1) is 5.25 Å². The van der Waals surface area contributed by atoms with Gasteiger partial charge in [0.1, 0.15) is 6.61 Å². The standard InChI is InChI=1S/C9H14F2O6S2/c10-9(11,19(14,15)16)5-17-18(12,13)8-4-6-1-2-7(8)3-6/h6-8H,1-5H2,(H,14,15,16). The van der Waals surface area contributed by atoms with Gasteiger partial charge in [0, 0.05) is 0 Å². The normalized spacial score (nSPS) is 31.8. The fourth-order valence-corrected chi connectivity index (χ4v) is 4.85. The van der Waals surface area contributed by atoms with Gasteiger partial charge in [0.15, 0.2) is 0 Å². The third-order valence-corrected chi connectivity index (χ3v) is 6.45. The average molecular weight is 320 g/mol. The van der Waals surface area contributed by atoms with Gasteiger partial charge < -0.3 is 0 Å². The second-order valence-electron chi connectivity index (χ2n) is 5.08. The van der Waals surface area contributed by atoms with Crippen molar-refractivity contribution in [3.63, 3.8) is 0 Å². The van der Waals surface area contributed by atoms with E-state index in [1.165, 1.54) is 0 Å². The molecule has 2 aliphatic carbocycles. The minimum Gasteiger partial charge on any atom is -0.281 e. The summed E-state index contributed by atoms with van der Waals surface area (Å²) in [6.45, 7) is -1.89. The van der Waals surface area contributed by atoms with Crippen LogP contribution in [0.5, 0.6) is 0 Å². The number of rotatable bonds is 5. The Labute approximate surface area is 110 Å². The summed E-state index contributed by atoms with van der Waals surface area (Å²) in [6.07, 6.45) is 2.75. The summed E-state index contributed by atoms with van der Waals surface area (Å²) in [5, 5.41) is -5.47. The van der Waals surface area contributed by atoms with Crippen molar-refractivity contribution >= 4 is 20.2 Å². The first-order valence-corrected chi connectivity index (χ1v) is 8.67. The van der Waals surface area contributed by atoms with E-state index in [4.69, 9.17) is 4.55 Å². The number of hydrogen-bond acceptors (Lipinski definition) is 5. The molecular weight excluding hydrogens is 306 g/mol. The highest BCUT2D eigenvalue weighted by Gasteiger charge is 2.50. The largest absolute Gasteiger partial charge is 0.393 e. The lowest BCUT2D eigenvalue weighted by molar-refractivity contribution is 0.0303. The molecule has 0 radical (unpaired) electrons. The van der Waals surface area contributed by atoms with Crippen molar-refractivity contribution in [2.75, 3.05) is 6.61 Å². The molecule has 0 aromatic carbocycles. The summed E-state index contributed by atoms with van der Waals surface area (Å²) in [4.78, 5) is 0. The van der Waals surface area contributed by atoms with Crippen molar-refractivity contribution in [3.05, 3.63) is 0 Å². The van der Waals surface area contributed by atoms with E-state index >= 15 is 0 Å². The average Bonchev–Trinajstić information content (AvgIpc) is 2.87.